The molecular formula is C26H28N2O4S. The highest BCUT2D eigenvalue weighted by Crippen LogP contribution is 2.31. The molecule has 0 saturated carbocycles. The van der Waals surface area contributed by atoms with Crippen molar-refractivity contribution < 1.29 is 19.1 Å². The molecule has 3 rings (SSSR count). The molecule has 33 heavy (non-hydrogen) atoms. The molecular weight excluding hydrogens is 436 g/mol. The van der Waals surface area contributed by atoms with E-state index in [1.54, 1.807) is 32.4 Å². The highest BCUT2D eigenvalue weighted by Gasteiger charge is 2.20. The average molecular weight is 465 g/mol. The van der Waals surface area contributed by atoms with Gasteiger partial charge in [0.05, 0.1) is 20.3 Å². The zero-order chi connectivity index (χ0) is 23.8. The molecule has 3 aromatic rings. The lowest BCUT2D eigenvalue weighted by Gasteiger charge is -2.20. The summed E-state index contributed by atoms with van der Waals surface area (Å²) in [6, 6.07) is 16.3. The first-order valence-electron chi connectivity index (χ1n) is 10.6. The lowest BCUT2D eigenvalue weighted by Crippen LogP contribution is -2.37. The summed E-state index contributed by atoms with van der Waals surface area (Å²) in [5.41, 5.74) is 2.42. The van der Waals surface area contributed by atoms with E-state index in [1.807, 2.05) is 61.7 Å². The molecule has 6 nitrogen and oxygen atoms in total. The van der Waals surface area contributed by atoms with Gasteiger partial charge in [0.15, 0.2) is 11.5 Å². The van der Waals surface area contributed by atoms with Crippen LogP contribution in [0.5, 0.6) is 11.5 Å². The number of nitrogens with one attached hydrogen (secondary N) is 2. The van der Waals surface area contributed by atoms with E-state index in [0.717, 1.165) is 16.0 Å². The third-order valence-electron chi connectivity index (χ3n) is 5.24. The number of amides is 2. The fraction of sp³-hybridized carbons (Fsp3) is 0.231. The van der Waals surface area contributed by atoms with Crippen LogP contribution in [0.4, 0.5) is 0 Å². The van der Waals surface area contributed by atoms with Gasteiger partial charge in [-0.2, -0.15) is 0 Å². The first-order chi connectivity index (χ1) is 16.0. The van der Waals surface area contributed by atoms with Gasteiger partial charge in [0.25, 0.3) is 11.8 Å². The number of ether oxygens (including phenoxy) is 2. The van der Waals surface area contributed by atoms with Crippen LogP contribution < -0.4 is 20.1 Å². The molecule has 0 bridgehead atoms. The summed E-state index contributed by atoms with van der Waals surface area (Å²) in [7, 11) is 3.15. The van der Waals surface area contributed by atoms with Gasteiger partial charge in [0.1, 0.15) is 5.70 Å². The molecule has 7 heteroatoms. The Kier molecular flexibility index (Phi) is 8.27. The number of benzene rings is 2. The van der Waals surface area contributed by atoms with E-state index < -0.39 is 0 Å². The largest absolute Gasteiger partial charge is 0.493 e. The maximum absolute atomic E-state index is 13.3. The van der Waals surface area contributed by atoms with Gasteiger partial charge >= 0.3 is 0 Å². The summed E-state index contributed by atoms with van der Waals surface area (Å²) in [4.78, 5) is 27.1. The Morgan fingerprint density at radius 1 is 1.03 bits per heavy atom. The van der Waals surface area contributed by atoms with Crippen molar-refractivity contribution in [3.05, 3.63) is 87.2 Å². The highest BCUT2D eigenvalue weighted by molar-refractivity contribution is 7.10. The van der Waals surface area contributed by atoms with Gasteiger partial charge in [-0.15, -0.1) is 11.3 Å². The highest BCUT2D eigenvalue weighted by atomic mass is 32.1. The van der Waals surface area contributed by atoms with Crippen LogP contribution in [0.1, 0.15) is 45.7 Å². The molecule has 1 atom stereocenters. The number of carbonyl (C=O) groups excluding carboxylic acids is 2. The smallest absolute Gasteiger partial charge is 0.268 e. The zero-order valence-corrected chi connectivity index (χ0v) is 20.0. The van der Waals surface area contributed by atoms with Crippen LogP contribution >= 0.6 is 11.3 Å². The Labute approximate surface area is 198 Å². The third kappa shape index (κ3) is 6.02. The molecule has 0 aliphatic carbocycles. The van der Waals surface area contributed by atoms with E-state index in [-0.39, 0.29) is 23.6 Å². The second-order valence-corrected chi connectivity index (χ2v) is 8.37. The summed E-state index contributed by atoms with van der Waals surface area (Å²) in [6.07, 6.45) is 2.34. The van der Waals surface area contributed by atoms with E-state index in [2.05, 4.69) is 10.6 Å². The lowest BCUT2D eigenvalue weighted by atomic mass is 10.0. The van der Waals surface area contributed by atoms with Gasteiger partial charge < -0.3 is 20.1 Å². The normalized spacial score (nSPS) is 12.1. The fourth-order valence-electron chi connectivity index (χ4n) is 3.42. The minimum absolute atomic E-state index is 0.185. The van der Waals surface area contributed by atoms with Crippen LogP contribution in [0.25, 0.3) is 6.08 Å². The molecule has 0 aliphatic heterocycles. The molecule has 1 aromatic heterocycles. The monoisotopic (exact) mass is 464 g/mol. The molecule has 2 N–H and O–H groups in total. The second-order valence-electron chi connectivity index (χ2n) is 7.39. The Morgan fingerprint density at radius 3 is 2.42 bits per heavy atom. The summed E-state index contributed by atoms with van der Waals surface area (Å²) >= 11 is 1.49. The van der Waals surface area contributed by atoms with Crippen molar-refractivity contribution in [2.75, 3.05) is 14.2 Å². The standard InChI is InChI=1S/C26H28N2O4S/c1-5-21(18-12-13-23(31-3)24(15-18)32-4)27-26(30)22(16-19-10-8-14-33-19)28-25(29)20-11-7-6-9-17(20)2/h6-16,21H,5H2,1-4H3,(H,27,30)(H,28,29)/b22-16-. The number of hydrogen-bond acceptors (Lipinski definition) is 5. The average Bonchev–Trinajstić information content (AvgIpc) is 3.34. The molecule has 2 amide bonds. The third-order valence-corrected chi connectivity index (χ3v) is 6.06. The summed E-state index contributed by atoms with van der Waals surface area (Å²) < 4.78 is 10.7. The van der Waals surface area contributed by atoms with Crippen molar-refractivity contribution in [3.8, 4) is 11.5 Å². The second kappa shape index (κ2) is 11.3. The number of aryl methyl sites for hydroxylation is 1. The number of carbonyl (C=O) groups is 2. The van der Waals surface area contributed by atoms with Crippen molar-refractivity contribution in [3.63, 3.8) is 0 Å². The topological polar surface area (TPSA) is 76.7 Å². The Bertz CT molecular complexity index is 1140. The van der Waals surface area contributed by atoms with Gasteiger partial charge in [-0.05, 0) is 60.2 Å². The van der Waals surface area contributed by atoms with Crippen LogP contribution in [0.15, 0.2) is 65.7 Å². The van der Waals surface area contributed by atoms with Gasteiger partial charge in [-0.25, -0.2) is 0 Å². The van der Waals surface area contributed by atoms with E-state index in [4.69, 9.17) is 9.47 Å². The Morgan fingerprint density at radius 2 is 1.79 bits per heavy atom. The van der Waals surface area contributed by atoms with Crippen molar-refractivity contribution in [1.82, 2.24) is 10.6 Å². The van der Waals surface area contributed by atoms with E-state index in [1.165, 1.54) is 11.3 Å². The lowest BCUT2D eigenvalue weighted by molar-refractivity contribution is -0.118. The summed E-state index contributed by atoms with van der Waals surface area (Å²) in [6.45, 7) is 3.85. The van der Waals surface area contributed by atoms with Crippen molar-refractivity contribution >= 4 is 29.2 Å². The predicted octanol–water partition coefficient (Wildman–Crippen LogP) is 5.11. The van der Waals surface area contributed by atoms with Crippen LogP contribution in [-0.2, 0) is 4.79 Å². The first-order valence-corrected chi connectivity index (χ1v) is 11.5. The molecule has 0 saturated heterocycles. The van der Waals surface area contributed by atoms with Gasteiger partial charge in [0.2, 0.25) is 0 Å². The number of hydrogen-bond donors (Lipinski definition) is 2. The maximum atomic E-state index is 13.3. The Hall–Kier alpha value is -3.58. The molecule has 0 spiro atoms. The minimum atomic E-state index is -0.369. The van der Waals surface area contributed by atoms with E-state index in [0.29, 0.717) is 23.5 Å². The summed E-state index contributed by atoms with van der Waals surface area (Å²) in [5.74, 6) is 0.508. The Balaban J connectivity index is 1.86. The first kappa shape index (κ1) is 24.1. The van der Waals surface area contributed by atoms with E-state index >= 15 is 0 Å². The molecule has 1 unspecified atom stereocenters. The molecule has 0 fully saturated rings. The summed E-state index contributed by atoms with van der Waals surface area (Å²) in [5, 5.41) is 7.77. The van der Waals surface area contributed by atoms with Crippen LogP contribution in [0.3, 0.4) is 0 Å². The van der Waals surface area contributed by atoms with Crippen molar-refractivity contribution in [2.24, 2.45) is 0 Å². The number of methoxy groups -OCH3 is 2. The molecule has 0 radical (unpaired) electrons. The quantitative estimate of drug-likeness (QED) is 0.432. The predicted molar refractivity (Wildman–Crippen MR) is 132 cm³/mol. The number of thiophene rings is 1. The van der Waals surface area contributed by atoms with Crippen molar-refractivity contribution in [1.29, 1.82) is 0 Å². The maximum Gasteiger partial charge on any atom is 0.268 e. The molecule has 2 aromatic carbocycles. The minimum Gasteiger partial charge on any atom is -0.493 e. The van der Waals surface area contributed by atoms with Crippen molar-refractivity contribution in [2.45, 2.75) is 26.3 Å². The SMILES string of the molecule is CCC(NC(=O)/C(=C/c1cccs1)NC(=O)c1ccccc1C)c1ccc(OC)c(OC)c1. The fourth-order valence-corrected chi connectivity index (χ4v) is 4.08. The van der Waals surface area contributed by atoms with E-state index in [9.17, 15) is 9.59 Å². The van der Waals surface area contributed by atoms with Crippen LogP contribution in [0, 0.1) is 6.92 Å². The number of rotatable bonds is 9. The molecule has 1 heterocycles. The van der Waals surface area contributed by atoms with Crippen LogP contribution in [-0.4, -0.2) is 26.0 Å². The van der Waals surface area contributed by atoms with Gasteiger partial charge in [-0.3, -0.25) is 9.59 Å². The zero-order valence-electron chi connectivity index (χ0n) is 19.2. The van der Waals surface area contributed by atoms with Gasteiger partial charge in [-0.1, -0.05) is 37.3 Å². The molecule has 172 valence electrons. The van der Waals surface area contributed by atoms with Crippen LogP contribution in [0.2, 0.25) is 0 Å². The van der Waals surface area contributed by atoms with Gasteiger partial charge in [0, 0.05) is 10.4 Å². The molecule has 0 aliphatic rings.